The van der Waals surface area contributed by atoms with Crippen LogP contribution >= 0.6 is 0 Å². The second-order valence-electron chi connectivity index (χ2n) is 4.51. The number of hydrogen-bond acceptors (Lipinski definition) is 4. The molecule has 0 aliphatic carbocycles. The van der Waals surface area contributed by atoms with E-state index in [2.05, 4.69) is 23.3 Å². The summed E-state index contributed by atoms with van der Waals surface area (Å²) < 4.78 is 10.8. The van der Waals surface area contributed by atoms with Crippen molar-refractivity contribution in [2.45, 2.75) is 39.3 Å². The van der Waals surface area contributed by atoms with Gasteiger partial charge < -0.3 is 14.8 Å². The van der Waals surface area contributed by atoms with Gasteiger partial charge in [0.25, 0.3) is 0 Å². The number of hydrogen-bond donors (Lipinski definition) is 1. The van der Waals surface area contributed by atoms with Crippen LogP contribution in [0.1, 0.15) is 38.8 Å². The minimum absolute atomic E-state index is 0.165. The van der Waals surface area contributed by atoms with Crippen molar-refractivity contribution in [3.8, 4) is 5.75 Å². The Bertz CT molecular complexity index is 342. The van der Waals surface area contributed by atoms with Gasteiger partial charge in [0.1, 0.15) is 5.75 Å². The lowest BCUT2D eigenvalue weighted by Crippen LogP contribution is -2.22. The Hall–Kier alpha value is -1.13. The van der Waals surface area contributed by atoms with Crippen molar-refractivity contribution < 1.29 is 9.47 Å². The second-order valence-corrected chi connectivity index (χ2v) is 4.51. The minimum Gasteiger partial charge on any atom is -0.489 e. The molecular weight excluding hydrogens is 228 g/mol. The summed E-state index contributed by atoms with van der Waals surface area (Å²) in [6.45, 7) is 7.77. The van der Waals surface area contributed by atoms with E-state index < -0.39 is 0 Å². The highest BCUT2D eigenvalue weighted by molar-refractivity contribution is 5.26. The molecule has 0 aliphatic rings. The first-order valence-corrected chi connectivity index (χ1v) is 6.51. The van der Waals surface area contributed by atoms with Crippen LogP contribution in [0.2, 0.25) is 0 Å². The van der Waals surface area contributed by atoms with Crippen LogP contribution in [0.15, 0.2) is 18.5 Å². The highest BCUT2D eigenvalue weighted by atomic mass is 16.5. The molecule has 1 unspecified atom stereocenters. The number of rotatable bonds is 8. The van der Waals surface area contributed by atoms with E-state index in [0.717, 1.165) is 30.9 Å². The van der Waals surface area contributed by atoms with Crippen LogP contribution < -0.4 is 10.1 Å². The predicted molar refractivity (Wildman–Crippen MR) is 72.9 cm³/mol. The van der Waals surface area contributed by atoms with Crippen LogP contribution in [0.4, 0.5) is 0 Å². The summed E-state index contributed by atoms with van der Waals surface area (Å²) in [5, 5.41) is 3.44. The quantitative estimate of drug-likeness (QED) is 0.772. The molecule has 18 heavy (non-hydrogen) atoms. The fraction of sp³-hybridized carbons (Fsp3) is 0.643. The summed E-state index contributed by atoms with van der Waals surface area (Å²) in [4.78, 5) is 4.24. The van der Waals surface area contributed by atoms with E-state index >= 15 is 0 Å². The third-order valence-corrected chi connectivity index (χ3v) is 2.57. The van der Waals surface area contributed by atoms with Crippen molar-refractivity contribution in [1.29, 1.82) is 0 Å². The van der Waals surface area contributed by atoms with Gasteiger partial charge in [-0.1, -0.05) is 6.92 Å². The van der Waals surface area contributed by atoms with Gasteiger partial charge in [-0.3, -0.25) is 4.98 Å². The van der Waals surface area contributed by atoms with E-state index in [0.29, 0.717) is 0 Å². The molecule has 0 aromatic carbocycles. The average molecular weight is 252 g/mol. The van der Waals surface area contributed by atoms with Crippen LogP contribution in [0.5, 0.6) is 5.75 Å². The Balaban J connectivity index is 2.76. The van der Waals surface area contributed by atoms with Gasteiger partial charge in [0.2, 0.25) is 0 Å². The number of ether oxygens (including phenoxy) is 2. The highest BCUT2D eigenvalue weighted by Crippen LogP contribution is 2.21. The zero-order valence-electron chi connectivity index (χ0n) is 11.8. The maximum Gasteiger partial charge on any atom is 0.138 e. The molecule has 1 rings (SSSR count). The summed E-state index contributed by atoms with van der Waals surface area (Å²) in [5.41, 5.74) is 1.15. The Morgan fingerprint density at radius 1 is 1.33 bits per heavy atom. The summed E-state index contributed by atoms with van der Waals surface area (Å²) in [6.07, 6.45) is 4.73. The fourth-order valence-electron chi connectivity index (χ4n) is 1.83. The van der Waals surface area contributed by atoms with E-state index in [1.807, 2.05) is 20.0 Å². The van der Waals surface area contributed by atoms with Gasteiger partial charge >= 0.3 is 0 Å². The molecule has 1 heterocycles. The zero-order valence-corrected chi connectivity index (χ0v) is 11.8. The third kappa shape index (κ3) is 5.02. The normalized spacial score (nSPS) is 12.7. The van der Waals surface area contributed by atoms with E-state index in [-0.39, 0.29) is 12.1 Å². The zero-order chi connectivity index (χ0) is 13.4. The van der Waals surface area contributed by atoms with Crippen LogP contribution in [0, 0.1) is 0 Å². The van der Waals surface area contributed by atoms with Crippen molar-refractivity contribution in [2.75, 3.05) is 20.3 Å². The van der Waals surface area contributed by atoms with Crippen molar-refractivity contribution in [3.63, 3.8) is 0 Å². The molecule has 4 nitrogen and oxygen atoms in total. The lowest BCUT2D eigenvalue weighted by Gasteiger charge is -2.19. The molecule has 0 saturated carbocycles. The molecule has 102 valence electrons. The molecule has 0 saturated heterocycles. The molecule has 1 aromatic heterocycles. The molecule has 0 fully saturated rings. The molecule has 1 aromatic rings. The van der Waals surface area contributed by atoms with E-state index in [9.17, 15) is 0 Å². The van der Waals surface area contributed by atoms with Gasteiger partial charge in [-0.2, -0.15) is 0 Å². The molecule has 1 atom stereocenters. The van der Waals surface area contributed by atoms with Crippen LogP contribution in [0.25, 0.3) is 0 Å². The van der Waals surface area contributed by atoms with E-state index in [1.165, 1.54) is 0 Å². The van der Waals surface area contributed by atoms with Crippen LogP contribution in [-0.4, -0.2) is 31.3 Å². The molecule has 0 amide bonds. The van der Waals surface area contributed by atoms with Crippen molar-refractivity contribution in [2.24, 2.45) is 0 Å². The number of aromatic nitrogens is 1. The Morgan fingerprint density at radius 3 is 2.72 bits per heavy atom. The van der Waals surface area contributed by atoms with Crippen LogP contribution in [-0.2, 0) is 4.74 Å². The lowest BCUT2D eigenvalue weighted by molar-refractivity contribution is 0.183. The van der Waals surface area contributed by atoms with Crippen molar-refractivity contribution in [1.82, 2.24) is 10.3 Å². The van der Waals surface area contributed by atoms with Gasteiger partial charge in [-0.25, -0.2) is 0 Å². The average Bonchev–Trinajstić information content (AvgIpc) is 2.34. The first-order valence-electron chi connectivity index (χ1n) is 6.51. The topological polar surface area (TPSA) is 43.4 Å². The van der Waals surface area contributed by atoms with E-state index in [1.54, 1.807) is 13.3 Å². The monoisotopic (exact) mass is 252 g/mol. The van der Waals surface area contributed by atoms with E-state index in [4.69, 9.17) is 9.47 Å². The largest absolute Gasteiger partial charge is 0.489 e. The first-order chi connectivity index (χ1) is 8.67. The first kappa shape index (κ1) is 14.9. The third-order valence-electron chi connectivity index (χ3n) is 2.57. The SMILES string of the molecule is CCNC(CCOC)c1cncc(OC(C)C)c1. The number of nitrogens with one attached hydrogen (secondary N) is 1. The molecule has 0 spiro atoms. The number of methoxy groups -OCH3 is 1. The number of pyridine rings is 1. The minimum atomic E-state index is 0.165. The Kier molecular flexibility index (Phi) is 6.68. The second kappa shape index (κ2) is 8.06. The maximum atomic E-state index is 5.67. The summed E-state index contributed by atoms with van der Waals surface area (Å²) >= 11 is 0. The maximum absolute atomic E-state index is 5.67. The Labute approximate surface area is 110 Å². The molecule has 0 aliphatic heterocycles. The lowest BCUT2D eigenvalue weighted by atomic mass is 10.1. The van der Waals surface area contributed by atoms with Gasteiger partial charge in [0, 0.05) is 26.0 Å². The summed E-state index contributed by atoms with van der Waals surface area (Å²) in [6, 6.07) is 2.31. The van der Waals surface area contributed by atoms with Gasteiger partial charge in [-0.15, -0.1) is 0 Å². The van der Waals surface area contributed by atoms with Gasteiger partial charge in [-0.05, 0) is 38.4 Å². The summed E-state index contributed by atoms with van der Waals surface area (Å²) in [7, 11) is 1.72. The molecule has 0 bridgehead atoms. The number of nitrogens with zero attached hydrogens (tertiary/aromatic N) is 1. The highest BCUT2D eigenvalue weighted by Gasteiger charge is 2.11. The Morgan fingerprint density at radius 2 is 2.11 bits per heavy atom. The molecule has 1 N–H and O–H groups in total. The van der Waals surface area contributed by atoms with Gasteiger partial charge in [0.15, 0.2) is 0 Å². The van der Waals surface area contributed by atoms with Crippen molar-refractivity contribution >= 4 is 0 Å². The molecule has 0 radical (unpaired) electrons. The standard InChI is InChI=1S/C14H24N2O2/c1-5-16-14(6-7-17-4)12-8-13(10-15-9-12)18-11(2)3/h8-11,14,16H,5-7H2,1-4H3. The predicted octanol–water partition coefficient (Wildman–Crippen LogP) is 2.56. The molecule has 4 heteroatoms. The molecular formula is C14H24N2O2. The van der Waals surface area contributed by atoms with Crippen molar-refractivity contribution in [3.05, 3.63) is 24.0 Å². The summed E-state index contributed by atoms with van der Waals surface area (Å²) in [5.74, 6) is 0.822. The fourth-order valence-corrected chi connectivity index (χ4v) is 1.83. The van der Waals surface area contributed by atoms with Gasteiger partial charge in [0.05, 0.1) is 12.3 Å². The smallest absolute Gasteiger partial charge is 0.138 e. The van der Waals surface area contributed by atoms with Crippen LogP contribution in [0.3, 0.4) is 0 Å².